The van der Waals surface area contributed by atoms with Crippen LogP contribution in [0.1, 0.15) is 21.5 Å². The SMILES string of the molecule is Cc1ccc(COc2cccc[n+]2C)c(C(=O)O)c1. The molecule has 2 rings (SSSR count). The van der Waals surface area contributed by atoms with Crippen LogP contribution in [0.25, 0.3) is 0 Å². The molecule has 0 saturated heterocycles. The van der Waals surface area contributed by atoms with Crippen molar-refractivity contribution in [1.29, 1.82) is 0 Å². The van der Waals surface area contributed by atoms with Crippen molar-refractivity contribution in [3.63, 3.8) is 0 Å². The maximum absolute atomic E-state index is 11.2. The normalized spacial score (nSPS) is 10.2. The Hall–Kier alpha value is -2.36. The van der Waals surface area contributed by atoms with Crippen LogP contribution in [0.15, 0.2) is 42.6 Å². The fraction of sp³-hybridized carbons (Fsp3) is 0.200. The molecule has 0 fully saturated rings. The number of carboxylic acid groups (broad SMARTS) is 1. The number of aryl methyl sites for hydroxylation is 2. The molecule has 0 aliphatic heterocycles. The van der Waals surface area contributed by atoms with E-state index < -0.39 is 5.97 Å². The predicted molar refractivity (Wildman–Crippen MR) is 70.1 cm³/mol. The lowest BCUT2D eigenvalue weighted by Crippen LogP contribution is -2.29. The average Bonchev–Trinajstić information content (AvgIpc) is 2.38. The first-order chi connectivity index (χ1) is 9.08. The van der Waals surface area contributed by atoms with Crippen molar-refractivity contribution >= 4 is 5.97 Å². The van der Waals surface area contributed by atoms with Gasteiger partial charge in [0.2, 0.25) is 0 Å². The highest BCUT2D eigenvalue weighted by atomic mass is 16.5. The van der Waals surface area contributed by atoms with Gasteiger partial charge in [-0.1, -0.05) is 17.7 Å². The van der Waals surface area contributed by atoms with Crippen LogP contribution in [0, 0.1) is 6.92 Å². The van der Waals surface area contributed by atoms with Crippen LogP contribution >= 0.6 is 0 Å². The number of nitrogens with zero attached hydrogens (tertiary/aromatic N) is 1. The molecule has 2 aromatic rings. The first kappa shape index (κ1) is 13.1. The largest absolute Gasteiger partial charge is 0.478 e. The molecule has 0 aliphatic rings. The monoisotopic (exact) mass is 258 g/mol. The summed E-state index contributed by atoms with van der Waals surface area (Å²) in [7, 11) is 1.88. The Morgan fingerprint density at radius 3 is 2.79 bits per heavy atom. The van der Waals surface area contributed by atoms with Gasteiger partial charge in [0.1, 0.15) is 13.7 Å². The Balaban J connectivity index is 2.20. The summed E-state index contributed by atoms with van der Waals surface area (Å²) in [6.45, 7) is 2.11. The maximum Gasteiger partial charge on any atom is 0.367 e. The van der Waals surface area contributed by atoms with E-state index in [0.29, 0.717) is 17.0 Å². The fourth-order valence-electron chi connectivity index (χ4n) is 1.82. The zero-order chi connectivity index (χ0) is 13.8. The summed E-state index contributed by atoms with van der Waals surface area (Å²) in [5, 5.41) is 9.18. The Bertz CT molecular complexity index is 608. The van der Waals surface area contributed by atoms with Gasteiger partial charge >= 0.3 is 11.8 Å². The molecule has 4 nitrogen and oxygen atoms in total. The first-order valence-corrected chi connectivity index (χ1v) is 5.98. The van der Waals surface area contributed by atoms with Crippen molar-refractivity contribution in [2.75, 3.05) is 0 Å². The molecule has 0 radical (unpaired) electrons. The first-order valence-electron chi connectivity index (χ1n) is 5.98. The number of hydrogen-bond acceptors (Lipinski definition) is 2. The van der Waals surface area contributed by atoms with Crippen LogP contribution in [0.5, 0.6) is 5.88 Å². The number of aromatic nitrogens is 1. The Morgan fingerprint density at radius 1 is 1.32 bits per heavy atom. The number of hydrogen-bond donors (Lipinski definition) is 1. The summed E-state index contributed by atoms with van der Waals surface area (Å²) < 4.78 is 7.50. The molecule has 4 heteroatoms. The van der Waals surface area contributed by atoms with E-state index in [9.17, 15) is 9.90 Å². The molecular weight excluding hydrogens is 242 g/mol. The third kappa shape index (κ3) is 3.10. The highest BCUT2D eigenvalue weighted by molar-refractivity contribution is 5.89. The lowest BCUT2D eigenvalue weighted by atomic mass is 10.1. The molecular formula is C15H16NO3+. The minimum atomic E-state index is -0.931. The van der Waals surface area contributed by atoms with Gasteiger partial charge in [-0.2, -0.15) is 4.57 Å². The van der Waals surface area contributed by atoms with Gasteiger partial charge in [0.15, 0.2) is 6.20 Å². The van der Waals surface area contributed by atoms with E-state index in [1.807, 2.05) is 49.0 Å². The smallest absolute Gasteiger partial charge is 0.367 e. The zero-order valence-corrected chi connectivity index (χ0v) is 11.0. The third-order valence-electron chi connectivity index (χ3n) is 2.88. The summed E-state index contributed by atoms with van der Waals surface area (Å²) in [5.74, 6) is -0.237. The Kier molecular flexibility index (Phi) is 3.80. The molecule has 19 heavy (non-hydrogen) atoms. The number of rotatable bonds is 4. The van der Waals surface area contributed by atoms with Crippen LogP contribution in [0.4, 0.5) is 0 Å². The molecule has 1 heterocycles. The second-order valence-electron chi connectivity index (χ2n) is 4.40. The van der Waals surface area contributed by atoms with E-state index in [1.54, 1.807) is 12.1 Å². The highest BCUT2D eigenvalue weighted by Crippen LogP contribution is 2.14. The molecule has 1 aromatic heterocycles. The van der Waals surface area contributed by atoms with Gasteiger partial charge in [0.25, 0.3) is 0 Å². The molecule has 0 aliphatic carbocycles. The van der Waals surface area contributed by atoms with Gasteiger partial charge in [0.05, 0.1) is 11.6 Å². The van der Waals surface area contributed by atoms with E-state index in [4.69, 9.17) is 4.74 Å². The molecule has 0 spiro atoms. The Labute approximate surface area is 111 Å². The summed E-state index contributed by atoms with van der Waals surface area (Å²) in [5.41, 5.74) is 1.88. The van der Waals surface area contributed by atoms with Crippen molar-refractivity contribution in [2.24, 2.45) is 7.05 Å². The molecule has 0 saturated carbocycles. The minimum absolute atomic E-state index is 0.236. The Morgan fingerprint density at radius 2 is 2.11 bits per heavy atom. The molecule has 0 amide bonds. The minimum Gasteiger partial charge on any atom is -0.478 e. The van der Waals surface area contributed by atoms with Crippen molar-refractivity contribution in [2.45, 2.75) is 13.5 Å². The number of carboxylic acids is 1. The molecule has 1 aromatic carbocycles. The summed E-state index contributed by atoms with van der Waals surface area (Å²) >= 11 is 0. The van der Waals surface area contributed by atoms with Crippen molar-refractivity contribution in [3.8, 4) is 5.88 Å². The van der Waals surface area contributed by atoms with Crippen molar-refractivity contribution in [3.05, 3.63) is 59.3 Å². The van der Waals surface area contributed by atoms with Gasteiger partial charge in [0, 0.05) is 11.6 Å². The van der Waals surface area contributed by atoms with Crippen LogP contribution in [-0.2, 0) is 13.7 Å². The van der Waals surface area contributed by atoms with Gasteiger partial charge in [-0.25, -0.2) is 4.79 Å². The average molecular weight is 258 g/mol. The summed E-state index contributed by atoms with van der Waals surface area (Å²) in [6, 6.07) is 11.0. The molecule has 1 N–H and O–H groups in total. The maximum atomic E-state index is 11.2. The van der Waals surface area contributed by atoms with Crippen LogP contribution < -0.4 is 9.30 Å². The van der Waals surface area contributed by atoms with E-state index in [0.717, 1.165) is 5.56 Å². The predicted octanol–water partition coefficient (Wildman–Crippen LogP) is 2.10. The van der Waals surface area contributed by atoms with Crippen molar-refractivity contribution < 1.29 is 19.2 Å². The molecule has 98 valence electrons. The second-order valence-corrected chi connectivity index (χ2v) is 4.40. The number of carbonyl (C=O) groups is 1. The number of pyridine rings is 1. The summed E-state index contributed by atoms with van der Waals surface area (Å²) in [6.07, 6.45) is 1.88. The van der Waals surface area contributed by atoms with E-state index in [1.165, 1.54) is 0 Å². The van der Waals surface area contributed by atoms with Crippen LogP contribution in [0.2, 0.25) is 0 Å². The topological polar surface area (TPSA) is 50.4 Å². The molecule has 0 atom stereocenters. The molecule has 0 bridgehead atoms. The summed E-state index contributed by atoms with van der Waals surface area (Å²) in [4.78, 5) is 11.2. The standard InChI is InChI=1S/C15H15NO3/c1-11-6-7-12(13(9-11)15(17)18)10-19-14-5-3-4-8-16(14)2/h3-9H,10H2,1-2H3/p+1. The van der Waals surface area contributed by atoms with Crippen molar-refractivity contribution in [1.82, 2.24) is 0 Å². The number of benzene rings is 1. The zero-order valence-electron chi connectivity index (χ0n) is 11.0. The third-order valence-corrected chi connectivity index (χ3v) is 2.88. The van der Waals surface area contributed by atoms with Gasteiger partial charge in [-0.15, -0.1) is 0 Å². The highest BCUT2D eigenvalue weighted by Gasteiger charge is 2.12. The number of ether oxygens (including phenoxy) is 1. The lowest BCUT2D eigenvalue weighted by molar-refractivity contribution is -0.677. The van der Waals surface area contributed by atoms with Gasteiger partial charge < -0.3 is 9.84 Å². The quantitative estimate of drug-likeness (QED) is 0.854. The second kappa shape index (κ2) is 5.52. The van der Waals surface area contributed by atoms with Crippen LogP contribution in [0.3, 0.4) is 0 Å². The van der Waals surface area contributed by atoms with Crippen LogP contribution in [-0.4, -0.2) is 11.1 Å². The van der Waals surface area contributed by atoms with Gasteiger partial charge in [-0.3, -0.25) is 0 Å². The van der Waals surface area contributed by atoms with E-state index >= 15 is 0 Å². The lowest BCUT2D eigenvalue weighted by Gasteiger charge is -2.08. The van der Waals surface area contributed by atoms with Gasteiger partial charge in [-0.05, 0) is 19.1 Å². The fourth-order valence-corrected chi connectivity index (χ4v) is 1.82. The molecule has 0 unspecified atom stereocenters. The number of aromatic carboxylic acids is 1. The van der Waals surface area contributed by atoms with E-state index in [2.05, 4.69) is 0 Å². The van der Waals surface area contributed by atoms with E-state index in [-0.39, 0.29) is 6.61 Å².